The molecule has 0 aromatic heterocycles. The predicted molar refractivity (Wildman–Crippen MR) is 50.1 cm³/mol. The summed E-state index contributed by atoms with van der Waals surface area (Å²) in [6.45, 7) is 2.93. The van der Waals surface area contributed by atoms with E-state index in [0.717, 1.165) is 19.4 Å². The Hall–Kier alpha value is -0.120. The third-order valence-electron chi connectivity index (χ3n) is 2.41. The summed E-state index contributed by atoms with van der Waals surface area (Å²) in [7, 11) is 1.73. The van der Waals surface area contributed by atoms with Crippen molar-refractivity contribution in [2.24, 2.45) is 5.73 Å². The highest BCUT2D eigenvalue weighted by Crippen LogP contribution is 2.17. The fraction of sp³-hybridized carbons (Fsp3) is 1.00. The molecule has 0 amide bonds. The fourth-order valence-electron chi connectivity index (χ4n) is 1.87. The predicted octanol–water partition coefficient (Wildman–Crippen LogP) is 0.491. The zero-order valence-electron chi connectivity index (χ0n) is 8.05. The summed E-state index contributed by atoms with van der Waals surface area (Å²) in [6, 6.07) is 1.48. The van der Waals surface area contributed by atoms with Crippen molar-refractivity contribution in [3.05, 3.63) is 0 Å². The van der Waals surface area contributed by atoms with Gasteiger partial charge in [0.05, 0.1) is 6.61 Å². The van der Waals surface area contributed by atoms with Gasteiger partial charge >= 0.3 is 0 Å². The van der Waals surface area contributed by atoms with Gasteiger partial charge in [-0.3, -0.25) is 0 Å². The zero-order valence-corrected chi connectivity index (χ0v) is 8.05. The third-order valence-corrected chi connectivity index (χ3v) is 2.41. The first-order chi connectivity index (χ1) is 5.72. The van der Waals surface area contributed by atoms with E-state index in [9.17, 15) is 0 Å². The molecule has 1 saturated carbocycles. The summed E-state index contributed by atoms with van der Waals surface area (Å²) in [5.41, 5.74) is 5.80. The largest absolute Gasteiger partial charge is 0.383 e. The van der Waals surface area contributed by atoms with Crippen molar-refractivity contribution in [2.75, 3.05) is 13.7 Å². The van der Waals surface area contributed by atoms with E-state index in [1.165, 1.54) is 6.42 Å². The van der Waals surface area contributed by atoms with Crippen molar-refractivity contribution >= 4 is 0 Å². The number of methoxy groups -OCH3 is 1. The lowest BCUT2D eigenvalue weighted by Crippen LogP contribution is -2.38. The van der Waals surface area contributed by atoms with Crippen LogP contribution in [0.3, 0.4) is 0 Å². The molecule has 0 radical (unpaired) electrons. The maximum Gasteiger partial charge on any atom is 0.0613 e. The Morgan fingerprint density at radius 1 is 1.58 bits per heavy atom. The van der Waals surface area contributed by atoms with Crippen LogP contribution in [-0.2, 0) is 4.74 Å². The molecule has 0 aliphatic heterocycles. The van der Waals surface area contributed by atoms with Crippen molar-refractivity contribution < 1.29 is 4.74 Å². The van der Waals surface area contributed by atoms with E-state index < -0.39 is 0 Å². The Morgan fingerprint density at radius 3 is 2.83 bits per heavy atom. The molecule has 3 atom stereocenters. The van der Waals surface area contributed by atoms with Crippen molar-refractivity contribution in [2.45, 2.75) is 44.3 Å². The molecule has 1 aliphatic rings. The van der Waals surface area contributed by atoms with E-state index in [4.69, 9.17) is 10.5 Å². The van der Waals surface area contributed by atoms with Gasteiger partial charge in [0, 0.05) is 25.2 Å². The monoisotopic (exact) mass is 172 g/mol. The number of hydrogen-bond acceptors (Lipinski definition) is 3. The lowest BCUT2D eigenvalue weighted by molar-refractivity contribution is 0.166. The molecule has 0 heterocycles. The molecular formula is C9H20N2O. The number of rotatable bonds is 4. The molecule has 3 heteroatoms. The topological polar surface area (TPSA) is 47.3 Å². The van der Waals surface area contributed by atoms with Crippen LogP contribution in [0.4, 0.5) is 0 Å². The van der Waals surface area contributed by atoms with Crippen LogP contribution in [0.15, 0.2) is 0 Å². The van der Waals surface area contributed by atoms with Crippen LogP contribution < -0.4 is 11.1 Å². The molecule has 1 rings (SSSR count). The Balaban J connectivity index is 2.14. The Morgan fingerprint density at radius 2 is 2.33 bits per heavy atom. The molecule has 0 aromatic carbocycles. The van der Waals surface area contributed by atoms with Crippen LogP contribution in [0.1, 0.15) is 26.2 Å². The second kappa shape index (κ2) is 4.80. The minimum atomic E-state index is 0.414. The molecule has 72 valence electrons. The molecule has 3 nitrogen and oxygen atoms in total. The summed E-state index contributed by atoms with van der Waals surface area (Å²) in [5.74, 6) is 0. The van der Waals surface area contributed by atoms with Gasteiger partial charge in [-0.2, -0.15) is 0 Å². The first-order valence-corrected chi connectivity index (χ1v) is 4.73. The van der Waals surface area contributed by atoms with Crippen LogP contribution in [0.2, 0.25) is 0 Å². The van der Waals surface area contributed by atoms with Crippen LogP contribution >= 0.6 is 0 Å². The number of nitrogens with one attached hydrogen (secondary N) is 1. The molecule has 0 bridgehead atoms. The maximum atomic E-state index is 5.80. The van der Waals surface area contributed by atoms with E-state index in [0.29, 0.717) is 18.1 Å². The molecule has 3 N–H and O–H groups in total. The van der Waals surface area contributed by atoms with Gasteiger partial charge in [0.15, 0.2) is 0 Å². The van der Waals surface area contributed by atoms with Gasteiger partial charge in [0.1, 0.15) is 0 Å². The maximum absolute atomic E-state index is 5.80. The Kier molecular flexibility index (Phi) is 3.98. The molecular weight excluding hydrogens is 152 g/mol. The lowest BCUT2D eigenvalue weighted by atomic mass is 10.2. The summed E-state index contributed by atoms with van der Waals surface area (Å²) in [6.07, 6.45) is 3.50. The average molecular weight is 172 g/mol. The second-order valence-corrected chi connectivity index (χ2v) is 3.79. The first-order valence-electron chi connectivity index (χ1n) is 4.73. The summed E-state index contributed by atoms with van der Waals surface area (Å²) < 4.78 is 5.05. The minimum Gasteiger partial charge on any atom is -0.383 e. The molecule has 0 aromatic rings. The van der Waals surface area contributed by atoms with Gasteiger partial charge in [-0.1, -0.05) is 0 Å². The molecule has 0 spiro atoms. The quantitative estimate of drug-likeness (QED) is 0.649. The van der Waals surface area contributed by atoms with E-state index in [1.54, 1.807) is 7.11 Å². The first kappa shape index (κ1) is 9.96. The molecule has 12 heavy (non-hydrogen) atoms. The van der Waals surface area contributed by atoms with E-state index in [-0.39, 0.29) is 0 Å². The van der Waals surface area contributed by atoms with E-state index in [2.05, 4.69) is 12.2 Å². The number of hydrogen-bond donors (Lipinski definition) is 2. The van der Waals surface area contributed by atoms with Crippen LogP contribution in [0, 0.1) is 0 Å². The van der Waals surface area contributed by atoms with Crippen LogP contribution in [-0.4, -0.2) is 31.8 Å². The highest BCUT2D eigenvalue weighted by molar-refractivity contribution is 4.84. The summed E-state index contributed by atoms with van der Waals surface area (Å²) in [4.78, 5) is 0. The standard InChI is InChI=1S/C9H20N2O/c1-7(6-12-2)11-9-4-3-8(10)5-9/h7-9,11H,3-6,10H2,1-2H3. The lowest BCUT2D eigenvalue weighted by Gasteiger charge is -2.18. The van der Waals surface area contributed by atoms with Crippen LogP contribution in [0.5, 0.6) is 0 Å². The van der Waals surface area contributed by atoms with Gasteiger partial charge in [-0.15, -0.1) is 0 Å². The molecule has 1 fully saturated rings. The van der Waals surface area contributed by atoms with Gasteiger partial charge < -0.3 is 15.8 Å². The Bertz CT molecular complexity index is 130. The van der Waals surface area contributed by atoms with Gasteiger partial charge in [0.25, 0.3) is 0 Å². The molecule has 1 aliphatic carbocycles. The smallest absolute Gasteiger partial charge is 0.0613 e. The van der Waals surface area contributed by atoms with Crippen LogP contribution in [0.25, 0.3) is 0 Å². The number of nitrogens with two attached hydrogens (primary N) is 1. The van der Waals surface area contributed by atoms with Crippen molar-refractivity contribution in [3.8, 4) is 0 Å². The van der Waals surface area contributed by atoms with Crippen molar-refractivity contribution in [3.63, 3.8) is 0 Å². The average Bonchev–Trinajstić information content (AvgIpc) is 2.36. The zero-order chi connectivity index (χ0) is 8.97. The number of ether oxygens (including phenoxy) is 1. The highest BCUT2D eigenvalue weighted by Gasteiger charge is 2.22. The minimum absolute atomic E-state index is 0.414. The van der Waals surface area contributed by atoms with Gasteiger partial charge in [0.2, 0.25) is 0 Å². The van der Waals surface area contributed by atoms with Crippen molar-refractivity contribution in [1.82, 2.24) is 5.32 Å². The molecule has 0 saturated heterocycles. The normalized spacial score (nSPS) is 32.2. The van der Waals surface area contributed by atoms with E-state index in [1.807, 2.05) is 0 Å². The Labute approximate surface area is 74.7 Å². The second-order valence-electron chi connectivity index (χ2n) is 3.79. The van der Waals surface area contributed by atoms with Gasteiger partial charge in [-0.05, 0) is 26.2 Å². The SMILES string of the molecule is COCC(C)NC1CCC(N)C1. The van der Waals surface area contributed by atoms with Gasteiger partial charge in [-0.25, -0.2) is 0 Å². The van der Waals surface area contributed by atoms with E-state index >= 15 is 0 Å². The fourth-order valence-corrected chi connectivity index (χ4v) is 1.87. The third kappa shape index (κ3) is 3.09. The highest BCUT2D eigenvalue weighted by atomic mass is 16.5. The summed E-state index contributed by atoms with van der Waals surface area (Å²) in [5, 5.41) is 3.51. The van der Waals surface area contributed by atoms with Crippen molar-refractivity contribution in [1.29, 1.82) is 0 Å². The summed E-state index contributed by atoms with van der Waals surface area (Å²) >= 11 is 0. The molecule has 3 unspecified atom stereocenters.